The van der Waals surface area contributed by atoms with Gasteiger partial charge in [0.1, 0.15) is 19.0 Å². The molecule has 9 nitrogen and oxygen atoms in total. The molecular formula is C34H34N2O7S. The summed E-state index contributed by atoms with van der Waals surface area (Å²) < 4.78 is 24.2. The monoisotopic (exact) mass is 614 g/mol. The third-order valence-electron chi connectivity index (χ3n) is 7.59. The molecule has 0 saturated carbocycles. The maximum atomic E-state index is 13.8. The Labute approximate surface area is 259 Å². The molecule has 0 aliphatic carbocycles. The van der Waals surface area contributed by atoms with Crippen LogP contribution in [0.3, 0.4) is 0 Å². The van der Waals surface area contributed by atoms with E-state index in [1.165, 1.54) is 16.2 Å². The van der Waals surface area contributed by atoms with Crippen LogP contribution < -0.4 is 23.8 Å². The molecule has 1 amide bonds. The molecule has 3 heterocycles. The van der Waals surface area contributed by atoms with Gasteiger partial charge in [0.2, 0.25) is 0 Å². The lowest BCUT2D eigenvalue weighted by molar-refractivity contribution is -0.132. The highest BCUT2D eigenvalue weighted by Gasteiger charge is 2.48. The molecule has 228 valence electrons. The van der Waals surface area contributed by atoms with Crippen molar-refractivity contribution >= 4 is 44.1 Å². The summed E-state index contributed by atoms with van der Waals surface area (Å²) in [5, 5.41) is 12.0. The van der Waals surface area contributed by atoms with E-state index in [0.29, 0.717) is 71.2 Å². The number of aryl methyl sites for hydroxylation is 1. The van der Waals surface area contributed by atoms with Crippen LogP contribution in [0.4, 0.5) is 5.13 Å². The number of carbonyl (C=O) groups is 2. The van der Waals surface area contributed by atoms with E-state index in [9.17, 15) is 14.7 Å². The fourth-order valence-electron chi connectivity index (χ4n) is 5.43. The molecular weight excluding hydrogens is 580 g/mol. The van der Waals surface area contributed by atoms with Gasteiger partial charge in [-0.25, -0.2) is 4.98 Å². The number of aliphatic hydroxyl groups excluding tert-OH is 1. The standard InChI is InChI=1S/C34H34N2O7S/c1-4-6-7-14-41-24-12-9-21(18-26(24)40-5-2)30-29(31(37)22-10-13-25-27(19-22)43-16-15-42-25)32(38)33(39)36(30)34-35-23-11-8-20(3)17-28(23)44-34/h8-13,17-19,30,37H,4-7,14-16H2,1-3H3/b31-29-. The molecule has 0 radical (unpaired) electrons. The summed E-state index contributed by atoms with van der Waals surface area (Å²) >= 11 is 1.32. The number of hydrogen-bond donors (Lipinski definition) is 1. The summed E-state index contributed by atoms with van der Waals surface area (Å²) in [4.78, 5) is 33.7. The van der Waals surface area contributed by atoms with E-state index >= 15 is 0 Å². The molecule has 1 atom stereocenters. The quantitative estimate of drug-likeness (QED) is 0.0883. The van der Waals surface area contributed by atoms with Crippen LogP contribution in [0.1, 0.15) is 55.8 Å². The molecule has 3 aromatic carbocycles. The molecule has 1 N–H and O–H groups in total. The summed E-state index contributed by atoms with van der Waals surface area (Å²) in [6.07, 6.45) is 3.04. The normalized spacial score (nSPS) is 17.3. The van der Waals surface area contributed by atoms with E-state index in [0.717, 1.165) is 29.5 Å². The van der Waals surface area contributed by atoms with Crippen molar-refractivity contribution in [1.29, 1.82) is 0 Å². The number of aromatic nitrogens is 1. The third kappa shape index (κ3) is 5.57. The first kappa shape index (κ1) is 29.5. The van der Waals surface area contributed by atoms with Crippen molar-refractivity contribution < 1.29 is 33.6 Å². The van der Waals surface area contributed by atoms with Gasteiger partial charge in [-0.2, -0.15) is 0 Å². The molecule has 0 bridgehead atoms. The summed E-state index contributed by atoms with van der Waals surface area (Å²) in [5.41, 5.74) is 2.62. The second-order valence-corrected chi connectivity index (χ2v) is 11.7. The van der Waals surface area contributed by atoms with Gasteiger partial charge in [-0.1, -0.05) is 43.2 Å². The maximum absolute atomic E-state index is 13.8. The highest BCUT2D eigenvalue weighted by molar-refractivity contribution is 7.22. The molecule has 1 saturated heterocycles. The highest BCUT2D eigenvalue weighted by Crippen LogP contribution is 2.46. The van der Waals surface area contributed by atoms with Gasteiger partial charge in [0.15, 0.2) is 28.1 Å². The van der Waals surface area contributed by atoms with E-state index in [1.54, 1.807) is 36.4 Å². The van der Waals surface area contributed by atoms with Crippen LogP contribution in [-0.2, 0) is 9.59 Å². The third-order valence-corrected chi connectivity index (χ3v) is 8.61. The summed E-state index contributed by atoms with van der Waals surface area (Å²) in [6.45, 7) is 7.72. The summed E-state index contributed by atoms with van der Waals surface area (Å²) in [5.74, 6) is 0.166. The van der Waals surface area contributed by atoms with Crippen molar-refractivity contribution in [2.45, 2.75) is 46.1 Å². The van der Waals surface area contributed by atoms with Gasteiger partial charge in [0.05, 0.1) is 35.0 Å². The minimum absolute atomic E-state index is 0.0545. The predicted molar refractivity (Wildman–Crippen MR) is 169 cm³/mol. The minimum atomic E-state index is -0.974. The summed E-state index contributed by atoms with van der Waals surface area (Å²) in [6, 6.07) is 15.2. The zero-order chi connectivity index (χ0) is 30.8. The lowest BCUT2D eigenvalue weighted by Gasteiger charge is -2.24. The molecule has 10 heteroatoms. The number of anilines is 1. The van der Waals surface area contributed by atoms with Crippen LogP contribution in [0.5, 0.6) is 23.0 Å². The Morgan fingerprint density at radius 2 is 1.80 bits per heavy atom. The number of fused-ring (bicyclic) bond motifs is 2. The van der Waals surface area contributed by atoms with Crippen molar-refractivity contribution in [2.75, 3.05) is 31.3 Å². The van der Waals surface area contributed by atoms with E-state index in [2.05, 4.69) is 6.92 Å². The van der Waals surface area contributed by atoms with Crippen LogP contribution in [0, 0.1) is 6.92 Å². The lowest BCUT2D eigenvalue weighted by Crippen LogP contribution is -2.29. The van der Waals surface area contributed by atoms with Gasteiger partial charge in [0.25, 0.3) is 5.78 Å². The Kier molecular flexibility index (Phi) is 8.43. The first-order valence-corrected chi connectivity index (χ1v) is 15.7. The first-order chi connectivity index (χ1) is 21.4. The Bertz CT molecular complexity index is 1760. The Morgan fingerprint density at radius 3 is 2.59 bits per heavy atom. The molecule has 6 rings (SSSR count). The Balaban J connectivity index is 1.49. The van der Waals surface area contributed by atoms with Crippen LogP contribution in [0.2, 0.25) is 0 Å². The van der Waals surface area contributed by atoms with Crippen molar-refractivity contribution in [3.63, 3.8) is 0 Å². The number of ether oxygens (including phenoxy) is 4. The second-order valence-electron chi connectivity index (χ2n) is 10.7. The van der Waals surface area contributed by atoms with E-state index in [1.807, 2.05) is 32.0 Å². The van der Waals surface area contributed by atoms with Crippen molar-refractivity contribution in [1.82, 2.24) is 4.98 Å². The number of thiazole rings is 1. The number of benzene rings is 3. The molecule has 2 aliphatic rings. The SMILES string of the molecule is CCCCCOc1ccc(C2/C(=C(/O)c3ccc4c(c3)OCCO4)C(=O)C(=O)N2c2nc3ccc(C)cc3s2)cc1OCC. The zero-order valence-electron chi connectivity index (χ0n) is 24.9. The van der Waals surface area contributed by atoms with Gasteiger partial charge in [-0.05, 0) is 73.9 Å². The minimum Gasteiger partial charge on any atom is -0.507 e. The van der Waals surface area contributed by atoms with Gasteiger partial charge in [-0.3, -0.25) is 14.5 Å². The lowest BCUT2D eigenvalue weighted by atomic mass is 9.95. The van der Waals surface area contributed by atoms with Crippen LogP contribution in [0.25, 0.3) is 16.0 Å². The molecule has 0 spiro atoms. The molecule has 2 aliphatic heterocycles. The molecule has 1 unspecified atom stereocenters. The van der Waals surface area contributed by atoms with E-state index in [-0.39, 0.29) is 11.3 Å². The fraction of sp³-hybridized carbons (Fsp3) is 0.324. The van der Waals surface area contributed by atoms with Crippen molar-refractivity contribution in [2.24, 2.45) is 0 Å². The second kappa shape index (κ2) is 12.6. The number of Topliss-reactive ketones (excluding diaryl/α,β-unsaturated/α-hetero) is 1. The zero-order valence-corrected chi connectivity index (χ0v) is 25.7. The van der Waals surface area contributed by atoms with E-state index < -0.39 is 17.7 Å². The first-order valence-electron chi connectivity index (χ1n) is 14.9. The number of ketones is 1. The van der Waals surface area contributed by atoms with Crippen LogP contribution in [-0.4, -0.2) is 48.2 Å². The Morgan fingerprint density at radius 1 is 0.977 bits per heavy atom. The number of carbonyl (C=O) groups excluding carboxylic acids is 2. The molecule has 44 heavy (non-hydrogen) atoms. The highest BCUT2D eigenvalue weighted by atomic mass is 32.1. The van der Waals surface area contributed by atoms with Gasteiger partial charge >= 0.3 is 5.91 Å². The average molecular weight is 615 g/mol. The fourth-order valence-corrected chi connectivity index (χ4v) is 6.52. The topological polar surface area (TPSA) is 107 Å². The van der Waals surface area contributed by atoms with Crippen LogP contribution >= 0.6 is 11.3 Å². The van der Waals surface area contributed by atoms with Crippen molar-refractivity contribution in [3.05, 3.63) is 76.9 Å². The maximum Gasteiger partial charge on any atom is 0.301 e. The molecule has 1 fully saturated rings. The van der Waals surface area contributed by atoms with Crippen LogP contribution in [0.15, 0.2) is 60.2 Å². The number of nitrogens with zero attached hydrogens (tertiary/aromatic N) is 2. The number of amides is 1. The van der Waals surface area contributed by atoms with Gasteiger partial charge < -0.3 is 24.1 Å². The summed E-state index contributed by atoms with van der Waals surface area (Å²) in [7, 11) is 0. The van der Waals surface area contributed by atoms with Gasteiger partial charge in [0, 0.05) is 5.56 Å². The number of aliphatic hydroxyl groups is 1. The van der Waals surface area contributed by atoms with E-state index in [4.69, 9.17) is 23.9 Å². The smallest absolute Gasteiger partial charge is 0.301 e. The number of unbranched alkanes of at least 4 members (excludes halogenated alkanes) is 2. The Hall–Kier alpha value is -4.57. The number of hydrogen-bond acceptors (Lipinski definition) is 9. The average Bonchev–Trinajstić information content (AvgIpc) is 3.56. The number of rotatable bonds is 10. The van der Waals surface area contributed by atoms with Gasteiger partial charge in [-0.15, -0.1) is 0 Å². The largest absolute Gasteiger partial charge is 0.507 e. The molecule has 1 aromatic heterocycles. The van der Waals surface area contributed by atoms with Crippen molar-refractivity contribution in [3.8, 4) is 23.0 Å². The predicted octanol–water partition coefficient (Wildman–Crippen LogP) is 6.97. The molecule has 4 aromatic rings.